The molecule has 4 nitrogen and oxygen atoms in total. The number of carbonyl (C=O) groups is 1. The third kappa shape index (κ3) is 1.50. The van der Waals surface area contributed by atoms with Gasteiger partial charge in [0, 0.05) is 13.0 Å². The second-order valence-corrected chi connectivity index (χ2v) is 1.71. The van der Waals surface area contributed by atoms with Crippen molar-refractivity contribution in [3.05, 3.63) is 0 Å². The van der Waals surface area contributed by atoms with Gasteiger partial charge in [-0.2, -0.15) is 4.99 Å². The lowest BCUT2D eigenvalue weighted by Gasteiger charge is -1.89. The maximum Gasteiger partial charge on any atom is 0.434 e. The first-order chi connectivity index (χ1) is 4.33. The molecular weight excluding hydrogens is 122 g/mol. The molecule has 0 aromatic carbocycles. The average Bonchev–Trinajstić information content (AvgIpc) is 2.17. The number of cyclic esters (lactones) is 1. The largest absolute Gasteiger partial charge is 0.442 e. The van der Waals surface area contributed by atoms with Crippen molar-refractivity contribution in [2.75, 3.05) is 13.2 Å². The molecule has 0 bridgehead atoms. The van der Waals surface area contributed by atoms with Gasteiger partial charge in [0.05, 0.1) is 5.71 Å². The minimum atomic E-state index is -0.543. The molecule has 0 saturated carbocycles. The van der Waals surface area contributed by atoms with Crippen molar-refractivity contribution in [2.45, 2.75) is 6.42 Å². The molecule has 1 heterocycles. The number of hydrogen-bond donors (Lipinski definition) is 1. The lowest BCUT2D eigenvalue weighted by Crippen LogP contribution is -2.02. The van der Waals surface area contributed by atoms with Crippen molar-refractivity contribution in [2.24, 2.45) is 4.99 Å². The van der Waals surface area contributed by atoms with Gasteiger partial charge in [-0.3, -0.25) is 0 Å². The highest BCUT2D eigenvalue weighted by molar-refractivity contribution is 5.98. The third-order valence-electron chi connectivity index (χ3n) is 1.01. The first kappa shape index (κ1) is 6.22. The molecule has 0 fully saturated rings. The predicted molar refractivity (Wildman–Crippen MR) is 30.5 cm³/mol. The topological polar surface area (TPSA) is 58.9 Å². The van der Waals surface area contributed by atoms with Crippen LogP contribution in [0.15, 0.2) is 4.99 Å². The van der Waals surface area contributed by atoms with E-state index in [1.807, 2.05) is 0 Å². The van der Waals surface area contributed by atoms with Gasteiger partial charge in [-0.15, -0.1) is 0 Å². The highest BCUT2D eigenvalue weighted by Gasteiger charge is 2.12. The molecule has 50 valence electrons. The summed E-state index contributed by atoms with van der Waals surface area (Å²) in [6, 6.07) is 0. The van der Waals surface area contributed by atoms with Gasteiger partial charge in [-0.05, 0) is 0 Å². The maximum absolute atomic E-state index is 10.2. The highest BCUT2D eigenvalue weighted by atomic mass is 16.6. The van der Waals surface area contributed by atoms with Crippen LogP contribution in [0.1, 0.15) is 6.42 Å². The van der Waals surface area contributed by atoms with Gasteiger partial charge >= 0.3 is 6.09 Å². The molecule has 0 spiro atoms. The fourth-order valence-electron chi connectivity index (χ4n) is 0.596. The van der Waals surface area contributed by atoms with Crippen molar-refractivity contribution < 1.29 is 14.6 Å². The van der Waals surface area contributed by atoms with Crippen LogP contribution in [0.2, 0.25) is 0 Å². The molecule has 1 N–H and O–H groups in total. The number of aliphatic hydroxyl groups excluding tert-OH is 1. The molecule has 0 aromatic heterocycles. The Bertz CT molecular complexity index is 152. The van der Waals surface area contributed by atoms with E-state index in [0.29, 0.717) is 12.1 Å². The summed E-state index contributed by atoms with van der Waals surface area (Å²) in [5.74, 6) is 0. The minimum absolute atomic E-state index is 0.0233. The summed E-state index contributed by atoms with van der Waals surface area (Å²) in [5, 5.41) is 8.37. The van der Waals surface area contributed by atoms with Gasteiger partial charge < -0.3 is 9.84 Å². The summed E-state index contributed by atoms with van der Waals surface area (Å²) in [5.41, 5.74) is 0.627. The van der Waals surface area contributed by atoms with E-state index in [9.17, 15) is 4.79 Å². The monoisotopic (exact) mass is 129 g/mol. The van der Waals surface area contributed by atoms with E-state index in [1.54, 1.807) is 0 Å². The zero-order valence-electron chi connectivity index (χ0n) is 4.83. The Morgan fingerprint density at radius 3 is 3.00 bits per heavy atom. The summed E-state index contributed by atoms with van der Waals surface area (Å²) in [6.07, 6.45) is -0.107. The van der Waals surface area contributed by atoms with Crippen LogP contribution >= 0.6 is 0 Å². The number of rotatable bonds is 2. The van der Waals surface area contributed by atoms with E-state index < -0.39 is 6.09 Å². The molecule has 1 rings (SSSR count). The third-order valence-corrected chi connectivity index (χ3v) is 1.01. The molecule has 1 aliphatic rings. The van der Waals surface area contributed by atoms with E-state index in [1.165, 1.54) is 0 Å². The number of hydrogen-bond acceptors (Lipinski definition) is 3. The van der Waals surface area contributed by atoms with Gasteiger partial charge in [0.15, 0.2) is 0 Å². The van der Waals surface area contributed by atoms with Crippen molar-refractivity contribution in [3.8, 4) is 0 Å². The van der Waals surface area contributed by atoms with Gasteiger partial charge in [0.1, 0.15) is 6.61 Å². The van der Waals surface area contributed by atoms with Crippen molar-refractivity contribution >= 4 is 11.8 Å². The number of carbonyl (C=O) groups excluding carboxylic acids is 1. The Balaban J connectivity index is 2.42. The van der Waals surface area contributed by atoms with Crippen LogP contribution < -0.4 is 0 Å². The van der Waals surface area contributed by atoms with Gasteiger partial charge in [-0.1, -0.05) is 0 Å². The van der Waals surface area contributed by atoms with Crippen LogP contribution in [0.3, 0.4) is 0 Å². The molecule has 9 heavy (non-hydrogen) atoms. The molecule has 1 amide bonds. The van der Waals surface area contributed by atoms with Gasteiger partial charge in [-0.25, -0.2) is 4.79 Å². The van der Waals surface area contributed by atoms with Crippen LogP contribution in [0, 0.1) is 0 Å². The Morgan fingerprint density at radius 2 is 2.56 bits per heavy atom. The summed E-state index contributed by atoms with van der Waals surface area (Å²) >= 11 is 0. The first-order valence-electron chi connectivity index (χ1n) is 2.67. The molecule has 0 radical (unpaired) electrons. The molecule has 1 aliphatic heterocycles. The number of aliphatic hydroxyl groups is 1. The first-order valence-corrected chi connectivity index (χ1v) is 2.67. The Kier molecular flexibility index (Phi) is 1.79. The predicted octanol–water partition coefficient (Wildman–Crippen LogP) is -0.0400. The van der Waals surface area contributed by atoms with Crippen molar-refractivity contribution in [1.82, 2.24) is 0 Å². The van der Waals surface area contributed by atoms with Crippen LogP contribution in [0.25, 0.3) is 0 Å². The number of nitrogens with zero attached hydrogens (tertiary/aromatic N) is 1. The normalized spacial score (nSPS) is 17.4. The number of aliphatic imine (C=N–C) groups is 1. The van der Waals surface area contributed by atoms with E-state index in [-0.39, 0.29) is 13.2 Å². The van der Waals surface area contributed by atoms with Crippen molar-refractivity contribution in [1.29, 1.82) is 0 Å². The smallest absolute Gasteiger partial charge is 0.434 e. The molecular formula is C5H7NO3. The van der Waals surface area contributed by atoms with E-state index in [2.05, 4.69) is 9.73 Å². The lowest BCUT2D eigenvalue weighted by molar-refractivity contribution is 0.180. The molecule has 4 heteroatoms. The van der Waals surface area contributed by atoms with Crippen LogP contribution in [0.5, 0.6) is 0 Å². The molecule has 0 aliphatic carbocycles. The van der Waals surface area contributed by atoms with E-state index >= 15 is 0 Å². The highest BCUT2D eigenvalue weighted by Crippen LogP contribution is 1.99. The van der Waals surface area contributed by atoms with Gasteiger partial charge in [0.2, 0.25) is 0 Å². The summed E-state index contributed by atoms with van der Waals surface area (Å²) in [7, 11) is 0. The van der Waals surface area contributed by atoms with Crippen molar-refractivity contribution in [3.63, 3.8) is 0 Å². The average molecular weight is 129 g/mol. The fourth-order valence-corrected chi connectivity index (χ4v) is 0.596. The Morgan fingerprint density at radius 1 is 1.78 bits per heavy atom. The molecule has 0 saturated heterocycles. The summed E-state index contributed by atoms with van der Waals surface area (Å²) in [4.78, 5) is 13.7. The SMILES string of the molecule is O=C1N=C(CCO)CO1. The van der Waals surface area contributed by atoms with Crippen LogP contribution in [0.4, 0.5) is 4.79 Å². The standard InChI is InChI=1S/C5H7NO3/c7-2-1-4-3-9-5(8)6-4/h7H,1-3H2. The lowest BCUT2D eigenvalue weighted by atomic mass is 10.3. The van der Waals surface area contributed by atoms with Crippen LogP contribution in [-0.2, 0) is 4.74 Å². The summed E-state index contributed by atoms with van der Waals surface area (Å²) in [6.45, 7) is 0.273. The second kappa shape index (κ2) is 2.59. The maximum atomic E-state index is 10.2. The summed E-state index contributed by atoms with van der Waals surface area (Å²) < 4.78 is 4.46. The zero-order chi connectivity index (χ0) is 6.69. The van der Waals surface area contributed by atoms with E-state index in [4.69, 9.17) is 5.11 Å². The van der Waals surface area contributed by atoms with E-state index in [0.717, 1.165) is 0 Å². The zero-order valence-corrected chi connectivity index (χ0v) is 4.83. The van der Waals surface area contributed by atoms with Crippen LogP contribution in [-0.4, -0.2) is 30.1 Å². The minimum Gasteiger partial charge on any atom is -0.442 e. The quantitative estimate of drug-likeness (QED) is 0.569. The molecule has 0 unspecified atom stereocenters. The number of ether oxygens (including phenoxy) is 1. The fraction of sp³-hybridized carbons (Fsp3) is 0.600. The molecule has 0 aromatic rings. The Hall–Kier alpha value is -0.900. The Labute approximate surface area is 52.2 Å². The molecule has 0 atom stereocenters. The second-order valence-electron chi connectivity index (χ2n) is 1.71. The number of amides is 1. The van der Waals surface area contributed by atoms with Gasteiger partial charge in [0.25, 0.3) is 0 Å².